The number of hydrogen-bond acceptors (Lipinski definition) is 4. The van der Waals surface area contributed by atoms with Gasteiger partial charge in [0.25, 0.3) is 0 Å². The summed E-state index contributed by atoms with van der Waals surface area (Å²) in [7, 11) is 0. The predicted octanol–water partition coefficient (Wildman–Crippen LogP) is 3.56. The molecule has 0 bridgehead atoms. The molecule has 0 unspecified atom stereocenters. The summed E-state index contributed by atoms with van der Waals surface area (Å²) in [6, 6.07) is 8.52. The molecule has 0 aromatic heterocycles. The lowest BCUT2D eigenvalue weighted by atomic mass is 9.69. The molecule has 1 aromatic rings. The Morgan fingerprint density at radius 1 is 1.19 bits per heavy atom. The monoisotopic (exact) mass is 369 g/mol. The molecule has 2 aliphatic heterocycles. The van der Waals surface area contributed by atoms with Crippen LogP contribution in [-0.4, -0.2) is 37.4 Å². The lowest BCUT2D eigenvalue weighted by molar-refractivity contribution is 0.172. The number of nitrogens with zero attached hydrogens (tertiary/aromatic N) is 2. The SMILES string of the molecule is N#CC1CCN(C(=O)NCC2(c3ccc4c(c3)OCO4)CCCCC2)CC1. The van der Waals surface area contributed by atoms with E-state index in [-0.39, 0.29) is 24.2 Å². The quantitative estimate of drug-likeness (QED) is 0.884. The van der Waals surface area contributed by atoms with E-state index < -0.39 is 0 Å². The Bertz CT molecular complexity index is 729. The van der Waals surface area contributed by atoms with Crippen LogP contribution in [0.2, 0.25) is 0 Å². The van der Waals surface area contributed by atoms with E-state index in [4.69, 9.17) is 14.7 Å². The first kappa shape index (κ1) is 18.0. The average Bonchev–Trinajstić information content (AvgIpc) is 3.21. The van der Waals surface area contributed by atoms with Crippen molar-refractivity contribution in [1.29, 1.82) is 5.26 Å². The first-order valence-electron chi connectivity index (χ1n) is 10.0. The van der Waals surface area contributed by atoms with Crippen molar-refractivity contribution in [2.45, 2.75) is 50.4 Å². The Morgan fingerprint density at radius 2 is 1.93 bits per heavy atom. The van der Waals surface area contributed by atoms with E-state index in [9.17, 15) is 4.79 Å². The van der Waals surface area contributed by atoms with Crippen LogP contribution < -0.4 is 14.8 Å². The van der Waals surface area contributed by atoms with Gasteiger partial charge in [-0.05, 0) is 43.4 Å². The maximum atomic E-state index is 12.7. The maximum absolute atomic E-state index is 12.7. The summed E-state index contributed by atoms with van der Waals surface area (Å²) in [6.45, 7) is 2.26. The lowest BCUT2D eigenvalue weighted by Gasteiger charge is -2.39. The van der Waals surface area contributed by atoms with Crippen LogP contribution in [0.3, 0.4) is 0 Å². The smallest absolute Gasteiger partial charge is 0.317 e. The number of amides is 2. The zero-order valence-corrected chi connectivity index (χ0v) is 15.7. The normalized spacial score (nSPS) is 21.5. The van der Waals surface area contributed by atoms with Crippen LogP contribution >= 0.6 is 0 Å². The van der Waals surface area contributed by atoms with E-state index in [0.29, 0.717) is 19.6 Å². The van der Waals surface area contributed by atoms with Crippen molar-refractivity contribution < 1.29 is 14.3 Å². The molecule has 1 aromatic carbocycles. The minimum atomic E-state index is -0.0418. The first-order valence-corrected chi connectivity index (χ1v) is 10.0. The minimum Gasteiger partial charge on any atom is -0.454 e. The summed E-state index contributed by atoms with van der Waals surface area (Å²) in [5, 5.41) is 12.2. The molecule has 1 saturated heterocycles. The maximum Gasteiger partial charge on any atom is 0.317 e. The highest BCUT2D eigenvalue weighted by atomic mass is 16.7. The highest BCUT2D eigenvalue weighted by molar-refractivity contribution is 5.74. The van der Waals surface area contributed by atoms with E-state index in [1.165, 1.54) is 24.8 Å². The number of ether oxygens (including phenoxy) is 2. The summed E-state index contributed by atoms with van der Waals surface area (Å²) in [5.74, 6) is 1.70. The van der Waals surface area contributed by atoms with Gasteiger partial charge in [0.1, 0.15) is 0 Å². The number of nitrogens with one attached hydrogen (secondary N) is 1. The summed E-state index contributed by atoms with van der Waals surface area (Å²) in [6.07, 6.45) is 7.30. The van der Waals surface area contributed by atoms with Gasteiger partial charge in [0, 0.05) is 31.0 Å². The number of urea groups is 1. The van der Waals surface area contributed by atoms with Crippen LogP contribution in [-0.2, 0) is 5.41 Å². The topological polar surface area (TPSA) is 74.6 Å². The van der Waals surface area contributed by atoms with Gasteiger partial charge in [-0.1, -0.05) is 25.3 Å². The van der Waals surface area contributed by atoms with Gasteiger partial charge in [-0.2, -0.15) is 5.26 Å². The number of likely N-dealkylation sites (tertiary alicyclic amines) is 1. The van der Waals surface area contributed by atoms with E-state index in [1.807, 2.05) is 11.0 Å². The molecule has 6 nitrogen and oxygen atoms in total. The first-order chi connectivity index (χ1) is 13.2. The van der Waals surface area contributed by atoms with Gasteiger partial charge >= 0.3 is 6.03 Å². The summed E-state index contributed by atoms with van der Waals surface area (Å²) in [5.41, 5.74) is 1.19. The van der Waals surface area contributed by atoms with Crippen molar-refractivity contribution in [3.8, 4) is 17.6 Å². The van der Waals surface area contributed by atoms with Gasteiger partial charge in [-0.3, -0.25) is 0 Å². The molecule has 1 aliphatic carbocycles. The number of piperidine rings is 1. The van der Waals surface area contributed by atoms with Crippen molar-refractivity contribution in [3.05, 3.63) is 23.8 Å². The number of nitriles is 1. The van der Waals surface area contributed by atoms with E-state index >= 15 is 0 Å². The third-order valence-electron chi connectivity index (χ3n) is 6.34. The van der Waals surface area contributed by atoms with Crippen LogP contribution in [0, 0.1) is 17.2 Å². The molecule has 6 heteroatoms. The number of rotatable bonds is 3. The van der Waals surface area contributed by atoms with Crippen molar-refractivity contribution in [2.24, 2.45) is 5.92 Å². The Labute approximate surface area is 160 Å². The zero-order valence-electron chi connectivity index (χ0n) is 15.7. The summed E-state index contributed by atoms with van der Waals surface area (Å²) >= 11 is 0. The van der Waals surface area contributed by atoms with E-state index in [0.717, 1.165) is 37.2 Å². The molecule has 144 valence electrons. The molecule has 2 heterocycles. The van der Waals surface area contributed by atoms with E-state index in [2.05, 4.69) is 23.5 Å². The van der Waals surface area contributed by atoms with E-state index in [1.54, 1.807) is 0 Å². The van der Waals surface area contributed by atoms with Crippen LogP contribution in [0.25, 0.3) is 0 Å². The van der Waals surface area contributed by atoms with Crippen molar-refractivity contribution in [1.82, 2.24) is 10.2 Å². The standard InChI is InChI=1S/C21H27N3O3/c22-13-16-6-10-24(11-7-16)20(25)23-14-21(8-2-1-3-9-21)17-4-5-18-19(12-17)27-15-26-18/h4-5,12,16H,1-3,6-11,14-15H2,(H,23,25). The van der Waals surface area contributed by atoms with Crippen LogP contribution in [0.15, 0.2) is 18.2 Å². The average molecular weight is 369 g/mol. The molecule has 0 atom stereocenters. The van der Waals surface area contributed by atoms with Gasteiger partial charge in [-0.15, -0.1) is 0 Å². The fraction of sp³-hybridized carbons (Fsp3) is 0.619. The molecule has 1 N–H and O–H groups in total. The summed E-state index contributed by atoms with van der Waals surface area (Å²) in [4.78, 5) is 14.5. The molecule has 1 saturated carbocycles. The molecular formula is C21H27N3O3. The van der Waals surface area contributed by atoms with Crippen LogP contribution in [0.4, 0.5) is 4.79 Å². The molecule has 4 rings (SSSR count). The van der Waals surface area contributed by atoms with Crippen LogP contribution in [0.5, 0.6) is 11.5 Å². The Kier molecular flexibility index (Phi) is 5.11. The molecule has 0 radical (unpaired) electrons. The summed E-state index contributed by atoms with van der Waals surface area (Å²) < 4.78 is 11.0. The number of hydrogen-bond donors (Lipinski definition) is 1. The largest absolute Gasteiger partial charge is 0.454 e. The predicted molar refractivity (Wildman–Crippen MR) is 101 cm³/mol. The minimum absolute atomic E-state index is 0.00270. The Hall–Kier alpha value is -2.42. The fourth-order valence-electron chi connectivity index (χ4n) is 4.59. The van der Waals surface area contributed by atoms with Gasteiger partial charge in [0.15, 0.2) is 11.5 Å². The lowest BCUT2D eigenvalue weighted by Crippen LogP contribution is -2.49. The zero-order chi connectivity index (χ0) is 18.7. The molecule has 2 amide bonds. The second-order valence-corrected chi connectivity index (χ2v) is 7.96. The highest BCUT2D eigenvalue weighted by Crippen LogP contribution is 2.43. The number of carbonyl (C=O) groups excluding carboxylic acids is 1. The molecule has 0 spiro atoms. The van der Waals surface area contributed by atoms with Gasteiger partial charge in [0.2, 0.25) is 6.79 Å². The fourth-order valence-corrected chi connectivity index (χ4v) is 4.59. The third-order valence-corrected chi connectivity index (χ3v) is 6.34. The Balaban J connectivity index is 1.45. The van der Waals surface area contributed by atoms with Crippen molar-refractivity contribution >= 4 is 6.03 Å². The molecule has 2 fully saturated rings. The van der Waals surface area contributed by atoms with Gasteiger partial charge in [-0.25, -0.2) is 4.79 Å². The second-order valence-electron chi connectivity index (χ2n) is 7.96. The number of carbonyl (C=O) groups is 1. The Morgan fingerprint density at radius 3 is 2.67 bits per heavy atom. The molecule has 27 heavy (non-hydrogen) atoms. The molecular weight excluding hydrogens is 342 g/mol. The second kappa shape index (κ2) is 7.67. The van der Waals surface area contributed by atoms with Crippen LogP contribution in [0.1, 0.15) is 50.5 Å². The highest BCUT2D eigenvalue weighted by Gasteiger charge is 2.36. The van der Waals surface area contributed by atoms with Gasteiger partial charge in [0.05, 0.1) is 6.07 Å². The molecule has 3 aliphatic rings. The van der Waals surface area contributed by atoms with Crippen molar-refractivity contribution in [3.63, 3.8) is 0 Å². The van der Waals surface area contributed by atoms with Crippen molar-refractivity contribution in [2.75, 3.05) is 26.4 Å². The number of benzene rings is 1. The number of fused-ring (bicyclic) bond motifs is 1. The third kappa shape index (κ3) is 3.69. The van der Waals surface area contributed by atoms with Gasteiger partial charge < -0.3 is 19.7 Å².